The summed E-state index contributed by atoms with van der Waals surface area (Å²) in [5.41, 5.74) is -1.36. The van der Waals surface area contributed by atoms with Crippen molar-refractivity contribution >= 4 is 15.8 Å². The molecule has 0 aliphatic carbocycles. The summed E-state index contributed by atoms with van der Waals surface area (Å²) in [6, 6.07) is 2.53. The van der Waals surface area contributed by atoms with Gasteiger partial charge in [-0.15, -0.1) is 0 Å². The lowest BCUT2D eigenvalue weighted by molar-refractivity contribution is 0.0685. The van der Waals surface area contributed by atoms with Gasteiger partial charge in [-0.25, -0.2) is 22.0 Å². The number of nitriles is 1. The largest absolute Gasteiger partial charge is 0.477 e. The van der Waals surface area contributed by atoms with Crippen LogP contribution in [0.15, 0.2) is 17.0 Å². The Morgan fingerprint density at radius 1 is 1.44 bits per heavy atom. The normalized spacial score (nSPS) is 12.8. The van der Waals surface area contributed by atoms with Gasteiger partial charge in [0.05, 0.1) is 6.07 Å². The molecule has 0 saturated carbocycles. The Hall–Kier alpha value is -2.01. The summed E-state index contributed by atoms with van der Waals surface area (Å²) < 4.78 is 50.1. The first-order valence-corrected chi connectivity index (χ1v) is 6.13. The Morgan fingerprint density at radius 2 is 2.00 bits per heavy atom. The molecule has 0 heterocycles. The van der Waals surface area contributed by atoms with Crippen molar-refractivity contribution in [3.05, 3.63) is 29.3 Å². The van der Waals surface area contributed by atoms with E-state index in [1.807, 2.05) is 0 Å². The topological polar surface area (TPSA) is 95.2 Å². The van der Waals surface area contributed by atoms with Gasteiger partial charge in [0.15, 0.2) is 15.7 Å². The van der Waals surface area contributed by atoms with Crippen molar-refractivity contribution in [2.45, 2.75) is 17.1 Å². The molecule has 96 valence electrons. The maximum absolute atomic E-state index is 13.7. The molecule has 0 fully saturated rings. The molecule has 0 amide bonds. The standard InChI is InChI=1S/C10H7F2NO4S/c1-5(4-13)18(16,17)7-3-2-6(11)8(9(7)12)10(14)15/h2-3,5H,1H3,(H,14,15). The van der Waals surface area contributed by atoms with Crippen LogP contribution in [0.2, 0.25) is 0 Å². The smallest absolute Gasteiger partial charge is 0.341 e. The van der Waals surface area contributed by atoms with Crippen molar-refractivity contribution in [3.63, 3.8) is 0 Å². The van der Waals surface area contributed by atoms with Crippen LogP contribution in [0.4, 0.5) is 8.78 Å². The first-order chi connectivity index (χ1) is 8.23. The molecule has 5 nitrogen and oxygen atoms in total. The predicted molar refractivity (Wildman–Crippen MR) is 55.6 cm³/mol. The minimum Gasteiger partial charge on any atom is -0.477 e. The highest BCUT2D eigenvalue weighted by atomic mass is 32.2. The number of rotatable bonds is 3. The lowest BCUT2D eigenvalue weighted by Crippen LogP contribution is -2.19. The van der Waals surface area contributed by atoms with E-state index in [2.05, 4.69) is 0 Å². The highest BCUT2D eigenvalue weighted by Crippen LogP contribution is 2.24. The van der Waals surface area contributed by atoms with Crippen LogP contribution < -0.4 is 0 Å². The van der Waals surface area contributed by atoms with Gasteiger partial charge in [-0.3, -0.25) is 0 Å². The van der Waals surface area contributed by atoms with Gasteiger partial charge in [0.1, 0.15) is 21.5 Å². The van der Waals surface area contributed by atoms with E-state index in [1.165, 1.54) is 6.07 Å². The van der Waals surface area contributed by atoms with Crippen molar-refractivity contribution in [1.29, 1.82) is 5.26 Å². The number of sulfone groups is 1. The quantitative estimate of drug-likeness (QED) is 0.840. The van der Waals surface area contributed by atoms with E-state index < -0.39 is 43.1 Å². The van der Waals surface area contributed by atoms with Crippen LogP contribution in [0.5, 0.6) is 0 Å². The third-order valence-corrected chi connectivity index (χ3v) is 4.19. The van der Waals surface area contributed by atoms with Gasteiger partial charge in [0, 0.05) is 0 Å². The molecular weight excluding hydrogens is 268 g/mol. The zero-order chi connectivity index (χ0) is 14.1. The summed E-state index contributed by atoms with van der Waals surface area (Å²) in [4.78, 5) is 9.62. The third-order valence-electron chi connectivity index (χ3n) is 2.22. The number of benzene rings is 1. The molecule has 1 aromatic carbocycles. The van der Waals surface area contributed by atoms with Crippen LogP contribution in [0.1, 0.15) is 17.3 Å². The number of nitrogens with zero attached hydrogens (tertiary/aromatic N) is 1. The molecule has 0 saturated heterocycles. The van der Waals surface area contributed by atoms with Gasteiger partial charge in [0.2, 0.25) is 0 Å². The summed E-state index contributed by atoms with van der Waals surface area (Å²) in [7, 11) is -4.36. The average Bonchev–Trinajstić information content (AvgIpc) is 2.26. The molecule has 0 radical (unpaired) electrons. The number of halogens is 2. The van der Waals surface area contributed by atoms with Gasteiger partial charge in [0.25, 0.3) is 0 Å². The van der Waals surface area contributed by atoms with Crippen molar-refractivity contribution in [2.24, 2.45) is 0 Å². The summed E-state index contributed by atoms with van der Waals surface area (Å²) >= 11 is 0. The van der Waals surface area contributed by atoms with Crippen LogP contribution in [0.25, 0.3) is 0 Å². The fourth-order valence-corrected chi connectivity index (χ4v) is 2.34. The van der Waals surface area contributed by atoms with Crippen molar-refractivity contribution in [3.8, 4) is 6.07 Å². The molecule has 1 N–H and O–H groups in total. The second-order valence-corrected chi connectivity index (χ2v) is 5.59. The van der Waals surface area contributed by atoms with E-state index in [0.29, 0.717) is 12.1 Å². The Labute approximate surface area is 101 Å². The maximum Gasteiger partial charge on any atom is 0.341 e. The van der Waals surface area contributed by atoms with Crippen LogP contribution >= 0.6 is 0 Å². The van der Waals surface area contributed by atoms with Gasteiger partial charge in [-0.2, -0.15) is 5.26 Å². The summed E-state index contributed by atoms with van der Waals surface area (Å²) in [6.45, 7) is 1.01. The number of hydrogen-bond acceptors (Lipinski definition) is 4. The predicted octanol–water partition coefficient (Wildman–Crippen LogP) is 1.35. The van der Waals surface area contributed by atoms with E-state index in [9.17, 15) is 22.0 Å². The molecule has 0 aliphatic rings. The molecule has 1 unspecified atom stereocenters. The molecule has 0 bridgehead atoms. The fraction of sp³-hybridized carbons (Fsp3) is 0.200. The van der Waals surface area contributed by atoms with Crippen LogP contribution in [0.3, 0.4) is 0 Å². The van der Waals surface area contributed by atoms with E-state index >= 15 is 0 Å². The molecule has 1 atom stereocenters. The van der Waals surface area contributed by atoms with Crippen LogP contribution in [-0.2, 0) is 9.84 Å². The highest BCUT2D eigenvalue weighted by molar-refractivity contribution is 7.92. The zero-order valence-corrected chi connectivity index (χ0v) is 9.83. The van der Waals surface area contributed by atoms with Gasteiger partial charge >= 0.3 is 5.97 Å². The average molecular weight is 275 g/mol. The third kappa shape index (κ3) is 2.17. The van der Waals surface area contributed by atoms with Crippen molar-refractivity contribution in [1.82, 2.24) is 0 Å². The van der Waals surface area contributed by atoms with E-state index in [1.54, 1.807) is 0 Å². The molecule has 1 rings (SSSR count). The number of carboxylic acids is 1. The Balaban J connectivity index is 3.62. The fourth-order valence-electron chi connectivity index (χ4n) is 1.21. The minimum atomic E-state index is -4.36. The molecule has 1 aromatic rings. The first-order valence-electron chi connectivity index (χ1n) is 4.58. The Morgan fingerprint density at radius 3 is 2.44 bits per heavy atom. The summed E-state index contributed by atoms with van der Waals surface area (Å²) in [5, 5.41) is 15.5. The number of carboxylic acid groups (broad SMARTS) is 1. The molecule has 0 spiro atoms. The Bertz CT molecular complexity index is 649. The van der Waals surface area contributed by atoms with E-state index in [-0.39, 0.29) is 0 Å². The summed E-state index contributed by atoms with van der Waals surface area (Å²) in [5.74, 6) is -5.01. The number of aromatic carboxylic acids is 1. The zero-order valence-electron chi connectivity index (χ0n) is 9.02. The monoisotopic (exact) mass is 275 g/mol. The van der Waals surface area contributed by atoms with E-state index in [0.717, 1.165) is 6.92 Å². The maximum atomic E-state index is 13.7. The molecule has 8 heteroatoms. The van der Waals surface area contributed by atoms with Gasteiger partial charge in [-0.1, -0.05) is 0 Å². The van der Waals surface area contributed by atoms with Crippen LogP contribution in [-0.4, -0.2) is 24.7 Å². The van der Waals surface area contributed by atoms with Gasteiger partial charge in [-0.05, 0) is 19.1 Å². The van der Waals surface area contributed by atoms with Crippen molar-refractivity contribution in [2.75, 3.05) is 0 Å². The number of hydrogen-bond donors (Lipinski definition) is 1. The Kier molecular flexibility index (Phi) is 3.67. The van der Waals surface area contributed by atoms with Crippen LogP contribution in [0, 0.1) is 23.0 Å². The van der Waals surface area contributed by atoms with Gasteiger partial charge < -0.3 is 5.11 Å². The molecule has 0 aliphatic heterocycles. The van der Waals surface area contributed by atoms with E-state index in [4.69, 9.17) is 10.4 Å². The lowest BCUT2D eigenvalue weighted by Gasteiger charge is -2.09. The SMILES string of the molecule is CC(C#N)S(=O)(=O)c1ccc(F)c(C(=O)O)c1F. The van der Waals surface area contributed by atoms with Crippen molar-refractivity contribution < 1.29 is 27.1 Å². The molecule has 18 heavy (non-hydrogen) atoms. The minimum absolute atomic E-state index is 0.531. The summed E-state index contributed by atoms with van der Waals surface area (Å²) in [6.07, 6.45) is 0. The lowest BCUT2D eigenvalue weighted by atomic mass is 10.2. The highest BCUT2D eigenvalue weighted by Gasteiger charge is 2.30. The molecular formula is C10H7F2NO4S. The second kappa shape index (κ2) is 4.70. The molecule has 0 aromatic heterocycles. The first kappa shape index (κ1) is 14.1. The number of carbonyl (C=O) groups is 1. The second-order valence-electron chi connectivity index (χ2n) is 3.36.